The van der Waals surface area contributed by atoms with Crippen molar-refractivity contribution in [1.29, 1.82) is 0 Å². The van der Waals surface area contributed by atoms with Gasteiger partial charge < -0.3 is 9.80 Å². The zero-order valence-corrected chi connectivity index (χ0v) is 9.34. The van der Waals surface area contributed by atoms with Gasteiger partial charge in [0.1, 0.15) is 0 Å². The Hall–Kier alpha value is -1.51. The number of carbonyl (C=O) groups excluding carboxylic acids is 1. The zero-order valence-electron chi connectivity index (χ0n) is 9.34. The second kappa shape index (κ2) is 3.57. The molecule has 0 saturated carbocycles. The Labute approximate surface area is 90.3 Å². The number of amides is 2. The van der Waals surface area contributed by atoms with Gasteiger partial charge in [0.2, 0.25) is 0 Å². The van der Waals surface area contributed by atoms with Gasteiger partial charge in [-0.3, -0.25) is 0 Å². The standard InChI is InChI=1S/C12H16N2O/c1-9-11(10-7-5-4-6-8-10)14(9)12(15)13(2)3/h4-9,11H,1-3H3/t9-,11-,14?/m1/s1. The summed E-state index contributed by atoms with van der Waals surface area (Å²) in [6.45, 7) is 2.08. The number of benzene rings is 1. The molecule has 1 aliphatic rings. The Morgan fingerprint density at radius 2 is 1.87 bits per heavy atom. The Balaban J connectivity index is 2.13. The van der Waals surface area contributed by atoms with Crippen LogP contribution in [0.25, 0.3) is 0 Å². The van der Waals surface area contributed by atoms with Crippen LogP contribution in [0.4, 0.5) is 4.79 Å². The van der Waals surface area contributed by atoms with Crippen LogP contribution in [0.1, 0.15) is 18.5 Å². The molecule has 0 aromatic heterocycles. The van der Waals surface area contributed by atoms with Crippen LogP contribution in [0.2, 0.25) is 0 Å². The molecule has 2 rings (SSSR count). The first-order valence-corrected chi connectivity index (χ1v) is 5.17. The van der Waals surface area contributed by atoms with E-state index in [1.807, 2.05) is 23.1 Å². The van der Waals surface area contributed by atoms with E-state index in [1.165, 1.54) is 5.56 Å². The number of urea groups is 1. The van der Waals surface area contributed by atoms with E-state index in [1.54, 1.807) is 19.0 Å². The van der Waals surface area contributed by atoms with Crippen molar-refractivity contribution in [1.82, 2.24) is 9.80 Å². The van der Waals surface area contributed by atoms with Crippen LogP contribution in [-0.2, 0) is 0 Å². The highest BCUT2D eigenvalue weighted by Gasteiger charge is 2.48. The summed E-state index contributed by atoms with van der Waals surface area (Å²) in [7, 11) is 3.57. The van der Waals surface area contributed by atoms with Crippen LogP contribution in [0, 0.1) is 0 Å². The number of hydrogen-bond acceptors (Lipinski definition) is 1. The molecule has 1 saturated heterocycles. The van der Waals surface area contributed by atoms with Crippen LogP contribution in [0.15, 0.2) is 30.3 Å². The first-order chi connectivity index (χ1) is 7.13. The highest BCUT2D eigenvalue weighted by atomic mass is 16.2. The third-order valence-electron chi connectivity index (χ3n) is 2.85. The van der Waals surface area contributed by atoms with Gasteiger partial charge in [-0.05, 0) is 12.5 Å². The molecule has 0 bridgehead atoms. The summed E-state index contributed by atoms with van der Waals surface area (Å²) in [5.74, 6) is 0. The summed E-state index contributed by atoms with van der Waals surface area (Å²) in [6.07, 6.45) is 0. The summed E-state index contributed by atoms with van der Waals surface area (Å²) < 4.78 is 0. The summed E-state index contributed by atoms with van der Waals surface area (Å²) in [5.41, 5.74) is 1.22. The van der Waals surface area contributed by atoms with E-state index in [4.69, 9.17) is 0 Å². The first-order valence-electron chi connectivity index (χ1n) is 5.17. The fourth-order valence-corrected chi connectivity index (χ4v) is 1.96. The monoisotopic (exact) mass is 204 g/mol. The van der Waals surface area contributed by atoms with Crippen LogP contribution in [0.5, 0.6) is 0 Å². The average Bonchev–Trinajstić information content (AvgIpc) is 2.90. The van der Waals surface area contributed by atoms with Crippen LogP contribution < -0.4 is 0 Å². The van der Waals surface area contributed by atoms with E-state index in [9.17, 15) is 4.79 Å². The fraction of sp³-hybridized carbons (Fsp3) is 0.417. The van der Waals surface area contributed by atoms with Gasteiger partial charge in [0.05, 0.1) is 12.1 Å². The molecule has 2 atom stereocenters. The van der Waals surface area contributed by atoms with Crippen molar-refractivity contribution in [2.75, 3.05) is 14.1 Å². The maximum Gasteiger partial charge on any atom is 0.320 e. The van der Waals surface area contributed by atoms with Gasteiger partial charge in [0.25, 0.3) is 0 Å². The molecule has 15 heavy (non-hydrogen) atoms. The zero-order chi connectivity index (χ0) is 11.0. The molecule has 1 aliphatic heterocycles. The molecule has 3 nitrogen and oxygen atoms in total. The Kier molecular flexibility index (Phi) is 2.39. The Morgan fingerprint density at radius 3 is 2.40 bits per heavy atom. The van der Waals surface area contributed by atoms with E-state index < -0.39 is 0 Å². The molecule has 80 valence electrons. The predicted molar refractivity (Wildman–Crippen MR) is 59.6 cm³/mol. The van der Waals surface area contributed by atoms with Gasteiger partial charge >= 0.3 is 6.03 Å². The third kappa shape index (κ3) is 1.69. The second-order valence-corrected chi connectivity index (χ2v) is 4.18. The van der Waals surface area contributed by atoms with Gasteiger partial charge in [-0.2, -0.15) is 0 Å². The van der Waals surface area contributed by atoms with Crippen molar-refractivity contribution in [2.45, 2.75) is 19.0 Å². The smallest absolute Gasteiger partial charge is 0.320 e. The lowest BCUT2D eigenvalue weighted by atomic mass is 10.1. The lowest BCUT2D eigenvalue weighted by Gasteiger charge is -2.12. The summed E-state index contributed by atoms with van der Waals surface area (Å²) in [6, 6.07) is 10.8. The normalized spacial score (nSPS) is 23.8. The molecule has 1 aromatic rings. The largest absolute Gasteiger partial charge is 0.331 e. The highest BCUT2D eigenvalue weighted by molar-refractivity contribution is 5.78. The minimum absolute atomic E-state index is 0.0938. The maximum atomic E-state index is 11.8. The van der Waals surface area contributed by atoms with Crippen molar-refractivity contribution in [3.05, 3.63) is 35.9 Å². The predicted octanol–water partition coefficient (Wildman–Crippen LogP) is 2.11. The van der Waals surface area contributed by atoms with E-state index in [2.05, 4.69) is 19.1 Å². The molecule has 2 amide bonds. The third-order valence-corrected chi connectivity index (χ3v) is 2.85. The topological polar surface area (TPSA) is 23.3 Å². The number of hydrogen-bond donors (Lipinski definition) is 0. The van der Waals surface area contributed by atoms with Crippen molar-refractivity contribution >= 4 is 6.03 Å². The van der Waals surface area contributed by atoms with Crippen molar-refractivity contribution < 1.29 is 4.79 Å². The van der Waals surface area contributed by atoms with Gasteiger partial charge in [0.15, 0.2) is 0 Å². The number of rotatable bonds is 1. The molecule has 1 aromatic carbocycles. The molecule has 1 heterocycles. The average molecular weight is 204 g/mol. The van der Waals surface area contributed by atoms with Gasteiger partial charge in [0, 0.05) is 14.1 Å². The van der Waals surface area contributed by atoms with Crippen LogP contribution in [-0.4, -0.2) is 36.0 Å². The molecule has 0 N–H and O–H groups in total. The molecular weight excluding hydrogens is 188 g/mol. The Bertz CT molecular complexity index is 361. The molecule has 3 heteroatoms. The SMILES string of the molecule is C[C@@H]1[C@H](c2ccccc2)N1C(=O)N(C)C. The van der Waals surface area contributed by atoms with Gasteiger partial charge in [-0.15, -0.1) is 0 Å². The van der Waals surface area contributed by atoms with Crippen molar-refractivity contribution in [2.24, 2.45) is 0 Å². The van der Waals surface area contributed by atoms with Gasteiger partial charge in [-0.25, -0.2) is 4.79 Å². The van der Waals surface area contributed by atoms with Crippen molar-refractivity contribution in [3.8, 4) is 0 Å². The van der Waals surface area contributed by atoms with Crippen molar-refractivity contribution in [3.63, 3.8) is 0 Å². The quantitative estimate of drug-likeness (QED) is 0.643. The minimum atomic E-state index is 0.0938. The molecule has 0 spiro atoms. The van der Waals surface area contributed by atoms with E-state index in [-0.39, 0.29) is 12.1 Å². The molecule has 1 fully saturated rings. The summed E-state index contributed by atoms with van der Waals surface area (Å²) in [5, 5.41) is 0. The highest BCUT2D eigenvalue weighted by Crippen LogP contribution is 2.43. The summed E-state index contributed by atoms with van der Waals surface area (Å²) in [4.78, 5) is 15.3. The van der Waals surface area contributed by atoms with Crippen LogP contribution >= 0.6 is 0 Å². The second-order valence-electron chi connectivity index (χ2n) is 4.18. The number of nitrogens with zero attached hydrogens (tertiary/aromatic N) is 2. The fourth-order valence-electron chi connectivity index (χ4n) is 1.96. The van der Waals surface area contributed by atoms with E-state index >= 15 is 0 Å². The molecular formula is C12H16N2O. The Morgan fingerprint density at radius 1 is 1.27 bits per heavy atom. The maximum absolute atomic E-state index is 11.8. The summed E-state index contributed by atoms with van der Waals surface area (Å²) >= 11 is 0. The van der Waals surface area contributed by atoms with E-state index in [0.717, 1.165) is 0 Å². The molecule has 0 unspecified atom stereocenters. The number of carbonyl (C=O) groups is 1. The van der Waals surface area contributed by atoms with Gasteiger partial charge in [-0.1, -0.05) is 30.3 Å². The van der Waals surface area contributed by atoms with E-state index in [0.29, 0.717) is 6.04 Å². The lowest BCUT2D eigenvalue weighted by Crippen LogP contribution is -2.28. The first kappa shape index (κ1) is 10.0. The van der Waals surface area contributed by atoms with Crippen LogP contribution in [0.3, 0.4) is 0 Å². The lowest BCUT2D eigenvalue weighted by molar-refractivity contribution is 0.199. The minimum Gasteiger partial charge on any atom is -0.331 e. The molecule has 0 aliphatic carbocycles. The molecule has 0 radical (unpaired) electrons.